The molecule has 0 aliphatic carbocycles. The van der Waals surface area contributed by atoms with Crippen molar-refractivity contribution in [3.05, 3.63) is 59.2 Å². The van der Waals surface area contributed by atoms with Crippen LogP contribution in [0.2, 0.25) is 0 Å². The van der Waals surface area contributed by atoms with Crippen LogP contribution in [0.3, 0.4) is 0 Å². The lowest BCUT2D eigenvalue weighted by molar-refractivity contribution is -0.136. The van der Waals surface area contributed by atoms with E-state index < -0.39 is 29.7 Å². The van der Waals surface area contributed by atoms with Crippen LogP contribution in [0.15, 0.2) is 42.5 Å². The molecule has 1 fully saturated rings. The number of ether oxygens (including phenoxy) is 3. The number of fused-ring (bicyclic) bond motifs is 1. The number of nitrogens with one attached hydrogen (secondary N) is 3. The first-order chi connectivity index (χ1) is 19.9. The van der Waals surface area contributed by atoms with Crippen LogP contribution in [0.25, 0.3) is 0 Å². The smallest absolute Gasteiger partial charge is 0.264 e. The van der Waals surface area contributed by atoms with Crippen molar-refractivity contribution in [3.63, 3.8) is 0 Å². The lowest BCUT2D eigenvalue weighted by atomic mass is 10.0. The first-order valence-corrected chi connectivity index (χ1v) is 13.3. The zero-order valence-corrected chi connectivity index (χ0v) is 22.5. The molecule has 218 valence electrons. The van der Waals surface area contributed by atoms with Crippen molar-refractivity contribution < 1.29 is 38.2 Å². The van der Waals surface area contributed by atoms with E-state index in [2.05, 4.69) is 16.0 Å². The third-order valence-corrected chi connectivity index (χ3v) is 6.48. The van der Waals surface area contributed by atoms with Crippen molar-refractivity contribution in [1.29, 1.82) is 0 Å². The number of rotatable bonds is 15. The standard InChI is InChI=1S/C28H33N5O8/c29-19-6-4-18(5-7-19)25(35)31-11-13-40-15-17-41-16-14-39-12-10-30-21-3-1-2-20-24(21)28(38)33(27(20)37)22-8-9-23(34)32-26(22)36/h1-7,22,30H,8-17,29H2,(H,31,35)(H,32,34,36). The highest BCUT2D eigenvalue weighted by Gasteiger charge is 2.45. The van der Waals surface area contributed by atoms with E-state index in [9.17, 15) is 24.0 Å². The van der Waals surface area contributed by atoms with Crippen LogP contribution < -0.4 is 21.7 Å². The van der Waals surface area contributed by atoms with Crippen LogP contribution in [0.1, 0.15) is 43.9 Å². The lowest BCUT2D eigenvalue weighted by Gasteiger charge is -2.27. The number of imide groups is 2. The van der Waals surface area contributed by atoms with E-state index in [4.69, 9.17) is 19.9 Å². The summed E-state index contributed by atoms with van der Waals surface area (Å²) in [4.78, 5) is 62.6. The second-order valence-corrected chi connectivity index (χ2v) is 9.32. The Morgan fingerprint density at radius 2 is 1.54 bits per heavy atom. The maximum Gasteiger partial charge on any atom is 0.264 e. The molecule has 2 aromatic carbocycles. The fraction of sp³-hybridized carbons (Fsp3) is 0.393. The summed E-state index contributed by atoms with van der Waals surface area (Å²) in [6, 6.07) is 10.5. The van der Waals surface area contributed by atoms with Gasteiger partial charge in [-0.05, 0) is 42.8 Å². The van der Waals surface area contributed by atoms with Gasteiger partial charge in [0.1, 0.15) is 6.04 Å². The van der Waals surface area contributed by atoms with Crippen LogP contribution in [0.4, 0.5) is 11.4 Å². The highest BCUT2D eigenvalue weighted by Crippen LogP contribution is 2.32. The molecule has 0 radical (unpaired) electrons. The van der Waals surface area contributed by atoms with Crippen LogP contribution in [0, 0.1) is 0 Å². The molecule has 2 heterocycles. The van der Waals surface area contributed by atoms with E-state index in [-0.39, 0.29) is 29.9 Å². The summed E-state index contributed by atoms with van der Waals surface area (Å²) >= 11 is 0. The summed E-state index contributed by atoms with van der Waals surface area (Å²) in [5.41, 5.74) is 7.63. The number of nitrogens with zero attached hydrogens (tertiary/aromatic N) is 1. The number of hydrogen-bond acceptors (Lipinski definition) is 10. The second kappa shape index (κ2) is 14.3. The average Bonchev–Trinajstić information content (AvgIpc) is 3.21. The van der Waals surface area contributed by atoms with E-state index in [0.29, 0.717) is 69.7 Å². The van der Waals surface area contributed by atoms with Gasteiger partial charge < -0.3 is 30.6 Å². The molecule has 2 aromatic rings. The van der Waals surface area contributed by atoms with Gasteiger partial charge in [0.15, 0.2) is 0 Å². The summed E-state index contributed by atoms with van der Waals surface area (Å²) in [5.74, 6) is -2.38. The van der Waals surface area contributed by atoms with Crippen molar-refractivity contribution >= 4 is 40.9 Å². The Morgan fingerprint density at radius 3 is 2.22 bits per heavy atom. The Kier molecular flexibility index (Phi) is 10.4. The molecule has 1 unspecified atom stereocenters. The molecule has 1 atom stereocenters. The van der Waals surface area contributed by atoms with Gasteiger partial charge in [0.25, 0.3) is 17.7 Å². The maximum absolute atomic E-state index is 13.1. The number of hydrogen-bond donors (Lipinski definition) is 4. The maximum atomic E-state index is 13.1. The molecule has 2 aliphatic rings. The van der Waals surface area contributed by atoms with Crippen LogP contribution >= 0.6 is 0 Å². The number of carbonyl (C=O) groups is 5. The molecular weight excluding hydrogens is 534 g/mol. The molecule has 5 amide bonds. The van der Waals surface area contributed by atoms with Gasteiger partial charge in [0.2, 0.25) is 11.8 Å². The van der Waals surface area contributed by atoms with Crippen molar-refractivity contribution in [1.82, 2.24) is 15.5 Å². The number of anilines is 2. The van der Waals surface area contributed by atoms with Crippen molar-refractivity contribution in [2.24, 2.45) is 0 Å². The van der Waals surface area contributed by atoms with Gasteiger partial charge in [0, 0.05) is 36.4 Å². The van der Waals surface area contributed by atoms with Gasteiger partial charge in [-0.1, -0.05) is 6.07 Å². The summed E-state index contributed by atoms with van der Waals surface area (Å²) in [7, 11) is 0. The molecule has 4 rings (SSSR count). The molecular formula is C28H33N5O8. The summed E-state index contributed by atoms with van der Waals surface area (Å²) < 4.78 is 16.5. The normalized spacial score (nSPS) is 16.5. The highest BCUT2D eigenvalue weighted by molar-refractivity contribution is 6.25. The predicted octanol–water partition coefficient (Wildman–Crippen LogP) is 0.562. The Morgan fingerprint density at radius 1 is 0.878 bits per heavy atom. The van der Waals surface area contributed by atoms with E-state index in [1.807, 2.05) is 0 Å². The number of amides is 5. The van der Waals surface area contributed by atoms with Gasteiger partial charge in [0.05, 0.1) is 50.8 Å². The SMILES string of the molecule is Nc1ccc(C(=O)NCCOCCOCCOCCNc2cccc3c2C(=O)N(C2CCC(=O)NC2=O)C3=O)cc1. The Hall–Kier alpha value is -4.33. The molecule has 0 spiro atoms. The third kappa shape index (κ3) is 7.66. The second-order valence-electron chi connectivity index (χ2n) is 9.32. The number of piperidine rings is 1. The van der Waals surface area contributed by atoms with Crippen molar-refractivity contribution in [3.8, 4) is 0 Å². The molecule has 13 nitrogen and oxygen atoms in total. The minimum Gasteiger partial charge on any atom is -0.399 e. The van der Waals surface area contributed by atoms with E-state index in [0.717, 1.165) is 4.90 Å². The van der Waals surface area contributed by atoms with Crippen LogP contribution in [-0.2, 0) is 23.8 Å². The topological polar surface area (TPSA) is 178 Å². The zero-order chi connectivity index (χ0) is 29.2. The van der Waals surface area contributed by atoms with Gasteiger partial charge >= 0.3 is 0 Å². The van der Waals surface area contributed by atoms with E-state index >= 15 is 0 Å². The molecule has 0 saturated carbocycles. The number of nitrogen functional groups attached to an aromatic ring is 1. The average molecular weight is 568 g/mol. The van der Waals surface area contributed by atoms with Crippen LogP contribution in [-0.4, -0.2) is 93.2 Å². The molecule has 13 heteroatoms. The highest BCUT2D eigenvalue weighted by atomic mass is 16.5. The number of nitrogens with two attached hydrogens (primary N) is 1. The van der Waals surface area contributed by atoms with Crippen molar-refractivity contribution in [2.75, 3.05) is 63.8 Å². The number of benzene rings is 2. The molecule has 0 aromatic heterocycles. The van der Waals surface area contributed by atoms with Gasteiger partial charge in [-0.25, -0.2) is 0 Å². The molecule has 2 aliphatic heterocycles. The Labute approximate surface area is 236 Å². The molecule has 41 heavy (non-hydrogen) atoms. The Balaban J connectivity index is 1.06. The summed E-state index contributed by atoms with van der Waals surface area (Å²) in [6.07, 6.45) is 0.166. The van der Waals surface area contributed by atoms with Gasteiger partial charge in [-0.15, -0.1) is 0 Å². The monoisotopic (exact) mass is 567 g/mol. The zero-order valence-electron chi connectivity index (χ0n) is 22.5. The summed E-state index contributed by atoms with van der Waals surface area (Å²) in [6.45, 7) is 2.91. The van der Waals surface area contributed by atoms with E-state index in [1.165, 1.54) is 0 Å². The van der Waals surface area contributed by atoms with E-state index in [1.54, 1.807) is 42.5 Å². The summed E-state index contributed by atoms with van der Waals surface area (Å²) in [5, 5.41) is 8.06. The number of carbonyl (C=O) groups excluding carboxylic acids is 5. The van der Waals surface area contributed by atoms with Gasteiger partial charge in [-0.2, -0.15) is 0 Å². The van der Waals surface area contributed by atoms with Gasteiger partial charge in [-0.3, -0.25) is 34.2 Å². The molecule has 1 saturated heterocycles. The first kappa shape index (κ1) is 29.6. The fourth-order valence-electron chi connectivity index (χ4n) is 4.44. The van der Waals surface area contributed by atoms with Crippen LogP contribution in [0.5, 0.6) is 0 Å². The fourth-order valence-corrected chi connectivity index (χ4v) is 4.44. The third-order valence-electron chi connectivity index (χ3n) is 6.48. The first-order valence-electron chi connectivity index (χ1n) is 13.3. The minimum atomic E-state index is -1.01. The quantitative estimate of drug-likeness (QED) is 0.135. The lowest BCUT2D eigenvalue weighted by Crippen LogP contribution is -2.54. The van der Waals surface area contributed by atoms with Crippen molar-refractivity contribution in [2.45, 2.75) is 18.9 Å². The molecule has 5 N–H and O–H groups in total. The largest absolute Gasteiger partial charge is 0.399 e. The Bertz CT molecular complexity index is 1280. The predicted molar refractivity (Wildman–Crippen MR) is 147 cm³/mol. The minimum absolute atomic E-state index is 0.0641. The molecule has 0 bridgehead atoms.